The highest BCUT2D eigenvalue weighted by Gasteiger charge is 2.15. The van der Waals surface area contributed by atoms with Crippen LogP contribution in [0.25, 0.3) is 16.7 Å². The maximum Gasteiger partial charge on any atom is 0.263 e. The van der Waals surface area contributed by atoms with Crippen molar-refractivity contribution in [3.05, 3.63) is 76.5 Å². The number of anilines is 1. The van der Waals surface area contributed by atoms with Gasteiger partial charge in [0.05, 0.1) is 11.2 Å². The van der Waals surface area contributed by atoms with Crippen LogP contribution in [0.5, 0.6) is 5.75 Å². The van der Waals surface area contributed by atoms with Crippen LogP contribution in [0.4, 0.5) is 5.82 Å². The molecule has 0 saturated heterocycles. The van der Waals surface area contributed by atoms with Gasteiger partial charge in [-0.2, -0.15) is 9.78 Å². The van der Waals surface area contributed by atoms with Crippen molar-refractivity contribution >= 4 is 22.6 Å². The highest BCUT2D eigenvalue weighted by molar-refractivity contribution is 5.91. The second kappa shape index (κ2) is 9.45. The number of ether oxygens (including phenoxy) is 1. The Morgan fingerprint density at radius 1 is 1.00 bits per heavy atom. The third-order valence-corrected chi connectivity index (χ3v) is 5.59. The summed E-state index contributed by atoms with van der Waals surface area (Å²) in [5, 5.41) is 8.62. The largest absolute Gasteiger partial charge is 0.484 e. The number of hydrogen-bond donors (Lipinski definition) is 1. The lowest BCUT2D eigenvalue weighted by atomic mass is 10.0. The summed E-state index contributed by atoms with van der Waals surface area (Å²) in [6.45, 7) is 10.2. The maximum atomic E-state index is 12.6. The van der Waals surface area contributed by atoms with E-state index in [1.807, 2.05) is 43.3 Å². The van der Waals surface area contributed by atoms with Crippen LogP contribution in [-0.4, -0.2) is 27.3 Å². The minimum atomic E-state index is -0.252. The molecular formula is C27H30N4O2. The molecule has 6 heteroatoms. The summed E-state index contributed by atoms with van der Waals surface area (Å²) in [5.74, 6) is 1.66. The lowest BCUT2D eigenvalue weighted by Crippen LogP contribution is -2.22. The number of nitrogens with zero attached hydrogens (tertiary/aromatic N) is 3. The molecule has 2 heterocycles. The second-order valence-corrected chi connectivity index (χ2v) is 8.59. The van der Waals surface area contributed by atoms with Gasteiger partial charge < -0.3 is 10.1 Å². The summed E-state index contributed by atoms with van der Waals surface area (Å²) in [6.07, 6.45) is 2.13. The van der Waals surface area contributed by atoms with Gasteiger partial charge in [0.2, 0.25) is 0 Å². The molecule has 4 aromatic rings. The third kappa shape index (κ3) is 5.06. The molecule has 2 aromatic carbocycles. The average Bonchev–Trinajstić information content (AvgIpc) is 3.14. The van der Waals surface area contributed by atoms with E-state index >= 15 is 0 Å². The topological polar surface area (TPSA) is 69.0 Å². The fraction of sp³-hybridized carbons (Fsp3) is 0.296. The zero-order valence-corrected chi connectivity index (χ0v) is 19.9. The van der Waals surface area contributed by atoms with Crippen molar-refractivity contribution in [1.29, 1.82) is 0 Å². The van der Waals surface area contributed by atoms with E-state index in [9.17, 15) is 4.79 Å². The highest BCUT2D eigenvalue weighted by atomic mass is 16.5. The van der Waals surface area contributed by atoms with Crippen LogP contribution in [0.1, 0.15) is 41.3 Å². The molecule has 0 saturated carbocycles. The van der Waals surface area contributed by atoms with E-state index in [-0.39, 0.29) is 12.5 Å². The third-order valence-electron chi connectivity index (χ3n) is 5.59. The summed E-state index contributed by atoms with van der Waals surface area (Å²) in [6, 6.07) is 16.0. The van der Waals surface area contributed by atoms with E-state index < -0.39 is 0 Å². The molecule has 0 unspecified atom stereocenters. The highest BCUT2D eigenvalue weighted by Crippen LogP contribution is 2.26. The molecule has 0 aliphatic heterocycles. The fourth-order valence-electron chi connectivity index (χ4n) is 4.07. The number of fused-ring (bicyclic) bond motifs is 1. The summed E-state index contributed by atoms with van der Waals surface area (Å²) in [4.78, 5) is 17.5. The first kappa shape index (κ1) is 22.5. The normalized spacial score (nSPS) is 11.1. The van der Waals surface area contributed by atoms with Gasteiger partial charge >= 0.3 is 0 Å². The molecule has 6 nitrogen and oxygen atoms in total. The predicted molar refractivity (Wildman–Crippen MR) is 132 cm³/mol. The summed E-state index contributed by atoms with van der Waals surface area (Å²) >= 11 is 0. The van der Waals surface area contributed by atoms with Crippen molar-refractivity contribution in [1.82, 2.24) is 14.8 Å². The van der Waals surface area contributed by atoms with Crippen LogP contribution in [0.15, 0.2) is 48.5 Å². The van der Waals surface area contributed by atoms with E-state index in [1.54, 1.807) is 4.68 Å². The Morgan fingerprint density at radius 2 is 1.76 bits per heavy atom. The molecule has 0 atom stereocenters. The van der Waals surface area contributed by atoms with Crippen LogP contribution < -0.4 is 10.1 Å². The number of benzene rings is 2. The van der Waals surface area contributed by atoms with Crippen molar-refractivity contribution in [2.45, 2.75) is 47.5 Å². The first-order valence-corrected chi connectivity index (χ1v) is 11.3. The van der Waals surface area contributed by atoms with Crippen LogP contribution in [0.3, 0.4) is 0 Å². The molecule has 0 fully saturated rings. The number of pyridine rings is 1. The van der Waals surface area contributed by atoms with Crippen LogP contribution >= 0.6 is 0 Å². The van der Waals surface area contributed by atoms with Crippen LogP contribution in [0, 0.1) is 27.7 Å². The van der Waals surface area contributed by atoms with Crippen LogP contribution in [-0.2, 0) is 11.2 Å². The molecule has 4 rings (SSSR count). The number of nitrogens with one attached hydrogen (secondary N) is 1. The number of aromatic nitrogens is 3. The van der Waals surface area contributed by atoms with Gasteiger partial charge in [-0.3, -0.25) is 4.79 Å². The van der Waals surface area contributed by atoms with Crippen molar-refractivity contribution in [3.8, 4) is 11.6 Å². The Hall–Kier alpha value is -3.67. The smallest absolute Gasteiger partial charge is 0.263 e. The van der Waals surface area contributed by atoms with Gasteiger partial charge in [-0.15, -0.1) is 0 Å². The molecule has 0 spiro atoms. The second-order valence-electron chi connectivity index (χ2n) is 8.59. The first-order valence-electron chi connectivity index (χ1n) is 11.3. The number of hydrogen-bond acceptors (Lipinski definition) is 4. The minimum absolute atomic E-state index is 0.0834. The van der Waals surface area contributed by atoms with E-state index in [0.29, 0.717) is 17.4 Å². The molecule has 0 aliphatic carbocycles. The molecule has 33 heavy (non-hydrogen) atoms. The maximum absolute atomic E-state index is 12.6. The Kier molecular flexibility index (Phi) is 6.45. The standard InChI is InChI=1S/C27H30N4O2/c1-6-7-21-8-10-22(11-9-21)33-16-26(32)28-25-15-20(5)30-31(25)24-14-18(3)23-13-17(2)12-19(4)27(23)29-24/h8-15H,6-7,16H2,1-5H3,(H,28,32). The molecule has 0 aliphatic rings. The van der Waals surface area contributed by atoms with Gasteiger partial charge in [0, 0.05) is 11.5 Å². The molecule has 2 aromatic heterocycles. The van der Waals surface area contributed by atoms with E-state index in [0.717, 1.165) is 40.6 Å². The first-order chi connectivity index (χ1) is 15.8. The van der Waals surface area contributed by atoms with Gasteiger partial charge in [-0.1, -0.05) is 37.1 Å². The molecule has 170 valence electrons. The monoisotopic (exact) mass is 442 g/mol. The Labute approximate surface area is 194 Å². The van der Waals surface area contributed by atoms with Crippen molar-refractivity contribution in [2.75, 3.05) is 11.9 Å². The number of carbonyl (C=O) groups excluding carboxylic acids is 1. The molecule has 1 amide bonds. The van der Waals surface area contributed by atoms with Gasteiger partial charge in [0.25, 0.3) is 5.91 Å². The van der Waals surface area contributed by atoms with Crippen LogP contribution in [0.2, 0.25) is 0 Å². The number of aryl methyl sites for hydroxylation is 5. The van der Waals surface area contributed by atoms with Gasteiger partial charge in [0.1, 0.15) is 11.6 Å². The molecule has 0 bridgehead atoms. The van der Waals surface area contributed by atoms with Gasteiger partial charge in [-0.05, 0) is 75.1 Å². The molecule has 1 N–H and O–H groups in total. The lowest BCUT2D eigenvalue weighted by Gasteiger charge is -2.13. The number of amides is 1. The van der Waals surface area contributed by atoms with Crippen molar-refractivity contribution < 1.29 is 9.53 Å². The van der Waals surface area contributed by atoms with E-state index in [4.69, 9.17) is 9.72 Å². The Morgan fingerprint density at radius 3 is 2.48 bits per heavy atom. The zero-order chi connectivity index (χ0) is 23.5. The van der Waals surface area contributed by atoms with Gasteiger partial charge in [-0.25, -0.2) is 4.98 Å². The Balaban J connectivity index is 1.53. The summed E-state index contributed by atoms with van der Waals surface area (Å²) in [5.41, 5.74) is 6.43. The lowest BCUT2D eigenvalue weighted by molar-refractivity contribution is -0.118. The average molecular weight is 443 g/mol. The fourth-order valence-corrected chi connectivity index (χ4v) is 4.07. The summed E-state index contributed by atoms with van der Waals surface area (Å²) in [7, 11) is 0. The molecular weight excluding hydrogens is 412 g/mol. The van der Waals surface area contributed by atoms with E-state index in [1.165, 1.54) is 11.1 Å². The van der Waals surface area contributed by atoms with Gasteiger partial charge in [0.15, 0.2) is 12.4 Å². The Bertz CT molecular complexity index is 1310. The SMILES string of the molecule is CCCc1ccc(OCC(=O)Nc2cc(C)nn2-c2cc(C)c3cc(C)cc(C)c3n2)cc1. The minimum Gasteiger partial charge on any atom is -0.484 e. The predicted octanol–water partition coefficient (Wildman–Crippen LogP) is 5.62. The number of rotatable bonds is 7. The van der Waals surface area contributed by atoms with Crippen molar-refractivity contribution in [2.24, 2.45) is 0 Å². The van der Waals surface area contributed by atoms with Crippen molar-refractivity contribution in [3.63, 3.8) is 0 Å². The quantitative estimate of drug-likeness (QED) is 0.403. The zero-order valence-electron chi connectivity index (χ0n) is 19.9. The molecule has 0 radical (unpaired) electrons. The number of carbonyl (C=O) groups is 1. The summed E-state index contributed by atoms with van der Waals surface area (Å²) < 4.78 is 7.35. The van der Waals surface area contributed by atoms with E-state index in [2.05, 4.69) is 50.2 Å².